The predicted octanol–water partition coefficient (Wildman–Crippen LogP) is 4.91. The fourth-order valence-electron chi connectivity index (χ4n) is 3.67. The van der Waals surface area contributed by atoms with Crippen LogP contribution in [0.5, 0.6) is 5.75 Å². The smallest absolute Gasteiger partial charge is 0.268 e. The second-order valence-corrected chi connectivity index (χ2v) is 7.93. The number of nitrogens with zero attached hydrogens (tertiary/aromatic N) is 3. The van der Waals surface area contributed by atoms with Gasteiger partial charge in [0.1, 0.15) is 10.7 Å². The monoisotopic (exact) mass is 419 g/mol. The number of anilines is 1. The van der Waals surface area contributed by atoms with E-state index in [1.807, 2.05) is 49.4 Å². The number of thioether (sulfide) groups is 1. The zero-order valence-corrected chi connectivity index (χ0v) is 18.3. The van der Waals surface area contributed by atoms with Gasteiger partial charge in [0.05, 0.1) is 19.4 Å². The minimum absolute atomic E-state index is 0.0179. The number of carbonyl (C=O) groups is 1. The Bertz CT molecular complexity index is 1040. The van der Waals surface area contributed by atoms with Gasteiger partial charge in [-0.25, -0.2) is 0 Å². The molecule has 2 aromatic rings. The molecular weight excluding hydrogens is 394 g/mol. The lowest BCUT2D eigenvalue weighted by molar-refractivity contribution is -0.122. The van der Waals surface area contributed by atoms with Crippen molar-refractivity contribution < 1.29 is 9.53 Å². The maximum absolute atomic E-state index is 13.2. The molecule has 1 amide bonds. The quantitative estimate of drug-likeness (QED) is 0.646. The number of hydrogen-bond donors (Lipinski definition) is 0. The van der Waals surface area contributed by atoms with Crippen LogP contribution in [0.2, 0.25) is 0 Å². The Morgan fingerprint density at radius 2 is 1.77 bits per heavy atom. The number of amides is 1. The Kier molecular flexibility index (Phi) is 5.95. The molecule has 2 aliphatic heterocycles. The van der Waals surface area contributed by atoms with E-state index in [0.29, 0.717) is 13.1 Å². The van der Waals surface area contributed by atoms with Crippen LogP contribution in [-0.2, 0) is 11.3 Å². The van der Waals surface area contributed by atoms with Crippen molar-refractivity contribution in [2.24, 2.45) is 4.99 Å². The lowest BCUT2D eigenvalue weighted by Crippen LogP contribution is -2.31. The van der Waals surface area contributed by atoms with Crippen molar-refractivity contribution >= 4 is 34.6 Å². The molecule has 6 heteroatoms. The molecular formula is C24H25N3O2S. The maximum Gasteiger partial charge on any atom is 0.268 e. The zero-order valence-electron chi connectivity index (χ0n) is 17.5. The Labute approximate surface area is 181 Å². The van der Waals surface area contributed by atoms with E-state index in [-0.39, 0.29) is 5.91 Å². The number of rotatable bonds is 5. The van der Waals surface area contributed by atoms with E-state index in [2.05, 4.69) is 30.0 Å². The van der Waals surface area contributed by atoms with Crippen molar-refractivity contribution in [3.8, 4) is 5.75 Å². The first-order chi connectivity index (χ1) is 14.7. The zero-order chi connectivity index (χ0) is 21.1. The van der Waals surface area contributed by atoms with Gasteiger partial charge < -0.3 is 9.64 Å². The molecule has 0 atom stereocenters. The van der Waals surface area contributed by atoms with E-state index >= 15 is 0 Å². The molecule has 1 saturated heterocycles. The molecule has 5 nitrogen and oxygen atoms in total. The molecule has 30 heavy (non-hydrogen) atoms. The van der Waals surface area contributed by atoms with Crippen molar-refractivity contribution in [1.82, 2.24) is 4.90 Å². The number of hydrogen-bond acceptors (Lipinski definition) is 5. The number of allylic oxidation sites excluding steroid dienone is 1. The van der Waals surface area contributed by atoms with Crippen molar-refractivity contribution in [2.75, 3.05) is 25.1 Å². The molecule has 0 spiro atoms. The van der Waals surface area contributed by atoms with Gasteiger partial charge in [0, 0.05) is 24.3 Å². The first kappa shape index (κ1) is 20.3. The summed E-state index contributed by atoms with van der Waals surface area (Å²) in [6, 6.07) is 16.1. The van der Waals surface area contributed by atoms with Crippen LogP contribution in [0.1, 0.15) is 25.0 Å². The highest BCUT2D eigenvalue weighted by Crippen LogP contribution is 2.40. The number of benzene rings is 2. The molecule has 2 aliphatic rings. The molecule has 2 aromatic carbocycles. The third-order valence-electron chi connectivity index (χ3n) is 5.21. The largest absolute Gasteiger partial charge is 0.497 e. The second-order valence-electron chi connectivity index (χ2n) is 6.95. The highest BCUT2D eigenvalue weighted by Gasteiger charge is 2.36. The average Bonchev–Trinajstić information content (AvgIpc) is 3.12. The van der Waals surface area contributed by atoms with Crippen molar-refractivity contribution in [1.29, 1.82) is 0 Å². The standard InChI is InChI=1S/C24H25N3O2S/c1-4-26-20-14-12-19(29-3)15-18(20)11-13-21(26)22-23(28)27(5-2)24(30-22)25-16-17-9-7-6-8-10-17/h6-15H,4-5,16H2,1-3H3/b22-21-,25-24?. The molecule has 0 aliphatic carbocycles. The van der Waals surface area contributed by atoms with E-state index in [0.717, 1.165) is 44.9 Å². The summed E-state index contributed by atoms with van der Waals surface area (Å²) in [5.41, 5.74) is 4.22. The molecule has 1 fully saturated rings. The van der Waals surface area contributed by atoms with Gasteiger partial charge in [-0.05, 0) is 55.4 Å². The Hall–Kier alpha value is -2.99. The summed E-state index contributed by atoms with van der Waals surface area (Å²) in [5.74, 6) is 0.841. The summed E-state index contributed by atoms with van der Waals surface area (Å²) < 4.78 is 5.35. The lowest BCUT2D eigenvalue weighted by atomic mass is 10.0. The summed E-state index contributed by atoms with van der Waals surface area (Å²) in [5, 5.41) is 0.763. The fraction of sp³-hybridized carbons (Fsp3) is 0.250. The third-order valence-corrected chi connectivity index (χ3v) is 6.33. The van der Waals surface area contributed by atoms with Gasteiger partial charge in [-0.1, -0.05) is 36.4 Å². The van der Waals surface area contributed by atoms with Gasteiger partial charge in [-0.15, -0.1) is 0 Å². The molecule has 0 radical (unpaired) electrons. The number of fused-ring (bicyclic) bond motifs is 1. The van der Waals surface area contributed by atoms with Crippen molar-refractivity contribution in [3.05, 3.63) is 76.3 Å². The van der Waals surface area contributed by atoms with E-state index in [1.165, 1.54) is 11.8 Å². The summed E-state index contributed by atoms with van der Waals surface area (Å²) in [4.78, 5) is 22.6. The predicted molar refractivity (Wildman–Crippen MR) is 125 cm³/mol. The van der Waals surface area contributed by atoms with Crippen LogP contribution in [0, 0.1) is 0 Å². The van der Waals surface area contributed by atoms with Gasteiger partial charge in [0.15, 0.2) is 5.17 Å². The number of aliphatic imine (C=N–C) groups is 1. The molecule has 2 heterocycles. The minimum Gasteiger partial charge on any atom is -0.497 e. The molecule has 0 aromatic heterocycles. The van der Waals surface area contributed by atoms with Crippen molar-refractivity contribution in [2.45, 2.75) is 20.4 Å². The molecule has 0 saturated carbocycles. The van der Waals surface area contributed by atoms with E-state index in [9.17, 15) is 4.79 Å². The van der Waals surface area contributed by atoms with E-state index in [4.69, 9.17) is 9.73 Å². The van der Waals surface area contributed by atoms with Crippen LogP contribution >= 0.6 is 11.8 Å². The van der Waals surface area contributed by atoms with Gasteiger partial charge in [0.25, 0.3) is 5.91 Å². The number of methoxy groups -OCH3 is 1. The van der Waals surface area contributed by atoms with Gasteiger partial charge in [0.2, 0.25) is 0 Å². The highest BCUT2D eigenvalue weighted by atomic mass is 32.2. The first-order valence-corrected chi connectivity index (χ1v) is 10.9. The van der Waals surface area contributed by atoms with Crippen LogP contribution in [-0.4, -0.2) is 36.2 Å². The summed E-state index contributed by atoms with van der Waals surface area (Å²) in [7, 11) is 1.67. The average molecular weight is 420 g/mol. The topological polar surface area (TPSA) is 45.1 Å². The maximum atomic E-state index is 13.2. The van der Waals surface area contributed by atoms with Crippen LogP contribution in [0.4, 0.5) is 5.69 Å². The van der Waals surface area contributed by atoms with Crippen LogP contribution in [0.25, 0.3) is 6.08 Å². The molecule has 4 rings (SSSR count). The van der Waals surface area contributed by atoms with Crippen LogP contribution in [0.3, 0.4) is 0 Å². The fourth-order valence-corrected chi connectivity index (χ4v) is 4.78. The van der Waals surface area contributed by atoms with Crippen LogP contribution in [0.15, 0.2) is 70.2 Å². The molecule has 154 valence electrons. The molecule has 0 unspecified atom stereocenters. The highest BCUT2D eigenvalue weighted by molar-refractivity contribution is 8.18. The summed E-state index contributed by atoms with van der Waals surface area (Å²) in [6.45, 7) is 6.00. The normalized spacial score (nSPS) is 19.6. The van der Waals surface area contributed by atoms with E-state index < -0.39 is 0 Å². The SMILES string of the molecule is CCN1C(=O)/C(=C2\C=Cc3cc(OC)ccc3N2CC)SC1=NCc1ccccc1. The second kappa shape index (κ2) is 8.79. The van der Waals surface area contributed by atoms with E-state index in [1.54, 1.807) is 12.0 Å². The summed E-state index contributed by atoms with van der Waals surface area (Å²) >= 11 is 1.47. The Morgan fingerprint density at radius 3 is 2.47 bits per heavy atom. The van der Waals surface area contributed by atoms with Gasteiger partial charge in [-0.3, -0.25) is 14.7 Å². The molecule has 0 bridgehead atoms. The van der Waals surface area contributed by atoms with Crippen LogP contribution < -0.4 is 9.64 Å². The van der Waals surface area contributed by atoms with Crippen molar-refractivity contribution in [3.63, 3.8) is 0 Å². The minimum atomic E-state index is 0.0179. The number of carbonyl (C=O) groups excluding carboxylic acids is 1. The molecule has 0 N–H and O–H groups in total. The van der Waals surface area contributed by atoms with Gasteiger partial charge >= 0.3 is 0 Å². The Balaban J connectivity index is 1.69. The third kappa shape index (κ3) is 3.75. The number of likely N-dealkylation sites (N-methyl/N-ethyl adjacent to an activating group) is 2. The number of amidine groups is 1. The first-order valence-electron chi connectivity index (χ1n) is 10.1. The van der Waals surface area contributed by atoms with Gasteiger partial charge in [-0.2, -0.15) is 0 Å². The number of ether oxygens (including phenoxy) is 1. The lowest BCUT2D eigenvalue weighted by Gasteiger charge is -2.30. The summed E-state index contributed by atoms with van der Waals surface area (Å²) in [6.07, 6.45) is 4.08. The Morgan fingerprint density at radius 1 is 1.00 bits per heavy atom.